The summed E-state index contributed by atoms with van der Waals surface area (Å²) in [7, 11) is 1.96. The Hall–Kier alpha value is -0.570. The Morgan fingerprint density at radius 3 is 2.75 bits per heavy atom. The van der Waals surface area contributed by atoms with E-state index >= 15 is 0 Å². The molecule has 3 heteroatoms. The summed E-state index contributed by atoms with van der Waals surface area (Å²) < 4.78 is 0. The van der Waals surface area contributed by atoms with E-state index in [0.29, 0.717) is 23.9 Å². The molecule has 2 heterocycles. The van der Waals surface area contributed by atoms with Gasteiger partial charge in [0.05, 0.1) is 5.92 Å². The smallest absolute Gasteiger partial charge is 0.227 e. The van der Waals surface area contributed by atoms with E-state index in [1.54, 1.807) is 0 Å². The van der Waals surface area contributed by atoms with Crippen LogP contribution in [0.4, 0.5) is 0 Å². The summed E-state index contributed by atoms with van der Waals surface area (Å²) in [6.07, 6.45) is 4.67. The molecule has 0 aromatic rings. The molecule has 92 valence electrons. The molecule has 1 amide bonds. The second kappa shape index (κ2) is 4.74. The van der Waals surface area contributed by atoms with Gasteiger partial charge in [0.25, 0.3) is 0 Å². The zero-order valence-electron chi connectivity index (χ0n) is 10.7. The van der Waals surface area contributed by atoms with E-state index in [4.69, 9.17) is 0 Å². The van der Waals surface area contributed by atoms with Crippen molar-refractivity contribution in [1.82, 2.24) is 10.2 Å². The third-order valence-electron chi connectivity index (χ3n) is 4.28. The molecule has 16 heavy (non-hydrogen) atoms. The van der Waals surface area contributed by atoms with E-state index in [-0.39, 0.29) is 5.92 Å². The largest absolute Gasteiger partial charge is 0.345 e. The Labute approximate surface area is 98.6 Å². The molecular weight excluding hydrogens is 200 g/mol. The van der Waals surface area contributed by atoms with Gasteiger partial charge in [-0.2, -0.15) is 0 Å². The van der Waals surface area contributed by atoms with Gasteiger partial charge in [0.1, 0.15) is 0 Å². The maximum atomic E-state index is 12.3. The van der Waals surface area contributed by atoms with Crippen LogP contribution in [0.3, 0.4) is 0 Å². The Kier molecular flexibility index (Phi) is 3.53. The van der Waals surface area contributed by atoms with E-state index in [9.17, 15) is 4.79 Å². The van der Waals surface area contributed by atoms with Crippen LogP contribution < -0.4 is 5.32 Å². The molecule has 0 aromatic carbocycles. The first-order valence-electron chi connectivity index (χ1n) is 6.62. The molecule has 2 saturated heterocycles. The third-order valence-corrected chi connectivity index (χ3v) is 4.28. The first-order valence-corrected chi connectivity index (χ1v) is 6.62. The maximum Gasteiger partial charge on any atom is 0.227 e. The number of nitrogens with zero attached hydrogens (tertiary/aromatic N) is 1. The average Bonchev–Trinajstić information content (AvgIpc) is 2.89. The molecule has 0 spiro atoms. The second-order valence-electron chi connectivity index (χ2n) is 5.62. The van der Waals surface area contributed by atoms with Crippen LogP contribution in [0.1, 0.15) is 39.5 Å². The molecule has 0 aromatic heterocycles. The zero-order valence-corrected chi connectivity index (χ0v) is 10.7. The third kappa shape index (κ3) is 2.24. The lowest BCUT2D eigenvalue weighted by molar-refractivity contribution is -0.135. The minimum Gasteiger partial charge on any atom is -0.345 e. The van der Waals surface area contributed by atoms with E-state index in [2.05, 4.69) is 19.2 Å². The number of hydrogen-bond donors (Lipinski definition) is 1. The van der Waals surface area contributed by atoms with Crippen LogP contribution in [0.5, 0.6) is 0 Å². The van der Waals surface area contributed by atoms with Crippen molar-refractivity contribution in [2.24, 2.45) is 11.8 Å². The second-order valence-corrected chi connectivity index (χ2v) is 5.62. The zero-order chi connectivity index (χ0) is 11.7. The lowest BCUT2D eigenvalue weighted by Gasteiger charge is -2.27. The van der Waals surface area contributed by atoms with Crippen molar-refractivity contribution in [3.8, 4) is 0 Å². The van der Waals surface area contributed by atoms with Crippen LogP contribution in [0.15, 0.2) is 0 Å². The van der Waals surface area contributed by atoms with Gasteiger partial charge in [0, 0.05) is 25.7 Å². The minimum absolute atomic E-state index is 0.257. The predicted octanol–water partition coefficient (Wildman–Crippen LogP) is 1.63. The lowest BCUT2D eigenvalue weighted by atomic mass is 9.88. The molecule has 1 N–H and O–H groups in total. The van der Waals surface area contributed by atoms with Crippen LogP contribution >= 0.6 is 0 Å². The van der Waals surface area contributed by atoms with E-state index in [1.807, 2.05) is 11.9 Å². The summed E-state index contributed by atoms with van der Waals surface area (Å²) in [5, 5.41) is 3.53. The minimum atomic E-state index is 0.257. The number of hydrogen-bond acceptors (Lipinski definition) is 2. The molecule has 0 radical (unpaired) electrons. The molecule has 2 rings (SSSR count). The van der Waals surface area contributed by atoms with Crippen molar-refractivity contribution in [3.63, 3.8) is 0 Å². The van der Waals surface area contributed by atoms with Crippen LogP contribution in [0, 0.1) is 11.8 Å². The maximum absolute atomic E-state index is 12.3. The van der Waals surface area contributed by atoms with Crippen molar-refractivity contribution in [1.29, 1.82) is 0 Å². The summed E-state index contributed by atoms with van der Waals surface area (Å²) in [6, 6.07) is 1.09. The van der Waals surface area contributed by atoms with Gasteiger partial charge in [-0.15, -0.1) is 0 Å². The average molecular weight is 224 g/mol. The summed E-state index contributed by atoms with van der Waals surface area (Å²) in [4.78, 5) is 14.2. The van der Waals surface area contributed by atoms with E-state index < -0.39 is 0 Å². The van der Waals surface area contributed by atoms with Crippen LogP contribution in [0.2, 0.25) is 0 Å². The fourth-order valence-electron chi connectivity index (χ4n) is 3.07. The Morgan fingerprint density at radius 2 is 2.25 bits per heavy atom. The fraction of sp³-hybridized carbons (Fsp3) is 0.923. The molecule has 2 fully saturated rings. The van der Waals surface area contributed by atoms with Gasteiger partial charge in [-0.1, -0.05) is 20.3 Å². The normalized spacial score (nSPS) is 34.1. The van der Waals surface area contributed by atoms with Gasteiger partial charge < -0.3 is 10.2 Å². The Balaban J connectivity index is 1.87. The van der Waals surface area contributed by atoms with Crippen molar-refractivity contribution < 1.29 is 4.79 Å². The molecule has 0 saturated carbocycles. The van der Waals surface area contributed by atoms with Crippen LogP contribution in [-0.2, 0) is 4.79 Å². The van der Waals surface area contributed by atoms with Crippen LogP contribution in [0.25, 0.3) is 0 Å². The fourth-order valence-corrected chi connectivity index (χ4v) is 3.07. The first-order chi connectivity index (χ1) is 7.61. The summed E-state index contributed by atoms with van der Waals surface area (Å²) in [5.41, 5.74) is 0. The lowest BCUT2D eigenvalue weighted by Crippen LogP contribution is -2.40. The number of amides is 1. The van der Waals surface area contributed by atoms with Gasteiger partial charge in [0.2, 0.25) is 5.91 Å². The molecule has 0 aliphatic carbocycles. The quantitative estimate of drug-likeness (QED) is 0.787. The number of nitrogens with one attached hydrogen (secondary N) is 1. The van der Waals surface area contributed by atoms with Gasteiger partial charge in [-0.3, -0.25) is 4.79 Å². The summed E-state index contributed by atoms with van der Waals surface area (Å²) in [6.45, 7) is 5.30. The summed E-state index contributed by atoms with van der Waals surface area (Å²) >= 11 is 0. The number of fused-ring (bicyclic) bond motifs is 2. The molecular formula is C13H24N2O. The van der Waals surface area contributed by atoms with Gasteiger partial charge in [-0.25, -0.2) is 0 Å². The van der Waals surface area contributed by atoms with Crippen molar-refractivity contribution in [2.75, 3.05) is 13.6 Å². The first kappa shape index (κ1) is 11.9. The number of carbonyl (C=O) groups excluding carboxylic acids is 1. The molecule has 2 aliphatic rings. The number of carbonyl (C=O) groups is 1. The SMILES string of the molecule is CCC(C)CN(C)C(=O)C1CC2CCC1N2. The van der Waals surface area contributed by atoms with Crippen molar-refractivity contribution in [2.45, 2.75) is 51.6 Å². The molecule has 2 aliphatic heterocycles. The standard InChI is InChI=1S/C13H24N2O/c1-4-9(2)8-15(3)13(16)11-7-10-5-6-12(11)14-10/h9-12,14H,4-8H2,1-3H3. The van der Waals surface area contributed by atoms with Gasteiger partial charge in [-0.05, 0) is 25.2 Å². The van der Waals surface area contributed by atoms with Crippen molar-refractivity contribution in [3.05, 3.63) is 0 Å². The molecule has 4 atom stereocenters. The predicted molar refractivity (Wildman–Crippen MR) is 65.1 cm³/mol. The number of rotatable bonds is 4. The van der Waals surface area contributed by atoms with Gasteiger partial charge >= 0.3 is 0 Å². The molecule has 4 unspecified atom stereocenters. The Bertz CT molecular complexity index is 267. The molecule has 3 nitrogen and oxygen atoms in total. The highest BCUT2D eigenvalue weighted by Gasteiger charge is 2.43. The Morgan fingerprint density at radius 1 is 1.50 bits per heavy atom. The van der Waals surface area contributed by atoms with Crippen molar-refractivity contribution >= 4 is 5.91 Å². The highest BCUT2D eigenvalue weighted by atomic mass is 16.2. The topological polar surface area (TPSA) is 32.3 Å². The van der Waals surface area contributed by atoms with E-state index in [1.165, 1.54) is 12.8 Å². The highest BCUT2D eigenvalue weighted by molar-refractivity contribution is 5.80. The highest BCUT2D eigenvalue weighted by Crippen LogP contribution is 2.34. The van der Waals surface area contributed by atoms with Crippen LogP contribution in [-0.4, -0.2) is 36.5 Å². The monoisotopic (exact) mass is 224 g/mol. The van der Waals surface area contributed by atoms with Gasteiger partial charge in [0.15, 0.2) is 0 Å². The molecule has 2 bridgehead atoms. The van der Waals surface area contributed by atoms with E-state index in [0.717, 1.165) is 19.4 Å². The summed E-state index contributed by atoms with van der Waals surface area (Å²) in [5.74, 6) is 1.23.